The smallest absolute Gasteiger partial charge is 0.372 e. The van der Waals surface area contributed by atoms with Crippen molar-refractivity contribution in [2.75, 3.05) is 57.2 Å². The van der Waals surface area contributed by atoms with Gasteiger partial charge in [-0.25, -0.2) is 41.6 Å². The maximum atomic E-state index is 11.1. The zero-order valence-electron chi connectivity index (χ0n) is 32.9. The van der Waals surface area contributed by atoms with Gasteiger partial charge in [-0.05, 0) is 86.7 Å². The highest BCUT2D eigenvalue weighted by atomic mass is 32.2. The van der Waals surface area contributed by atoms with Crippen molar-refractivity contribution < 1.29 is 53.7 Å². The Bertz CT molecular complexity index is 1590. The zero-order chi connectivity index (χ0) is 43.0. The lowest BCUT2D eigenvalue weighted by Crippen LogP contribution is -2.37. The van der Waals surface area contributed by atoms with Crippen LogP contribution in [0, 0.1) is 16.7 Å². The molecule has 0 saturated carbocycles. The van der Waals surface area contributed by atoms with Crippen LogP contribution in [0.4, 0.5) is 0 Å². The second-order valence-corrected chi connectivity index (χ2v) is 18.0. The van der Waals surface area contributed by atoms with Crippen molar-refractivity contribution in [1.82, 2.24) is 4.90 Å². The number of nitriles is 1. The number of oxime groups is 1. The lowest BCUT2D eigenvalue weighted by atomic mass is 9.91. The molecule has 2 N–H and O–H groups in total. The Kier molecular flexibility index (Phi) is 26.1. The van der Waals surface area contributed by atoms with Crippen LogP contribution in [-0.2, 0) is 39.9 Å². The molecular weight excluding hydrogens is 767 g/mol. The molecule has 0 radical (unpaired) electrons. The normalized spacial score (nSPS) is 12.7. The summed E-state index contributed by atoms with van der Waals surface area (Å²) in [6.45, 7) is 17.3. The molecule has 19 nitrogen and oxygen atoms in total. The molecule has 0 rings (SSSR count). The minimum Gasteiger partial charge on any atom is -0.748 e. The maximum Gasteiger partial charge on any atom is 0.372 e. The molecule has 0 atom stereocenters. The van der Waals surface area contributed by atoms with Gasteiger partial charge in [-0.1, -0.05) is 25.9 Å². The predicted molar refractivity (Wildman–Crippen MR) is 200 cm³/mol. The number of aliphatic imine (C=N–C) groups is 4. The molecule has 304 valence electrons. The first-order valence-corrected chi connectivity index (χ1v) is 20.8. The van der Waals surface area contributed by atoms with E-state index in [-0.39, 0.29) is 5.41 Å². The lowest BCUT2D eigenvalue weighted by molar-refractivity contribution is -0.145. The molecular formula is C29H55N7O12S4-2. The molecule has 0 spiro atoms. The van der Waals surface area contributed by atoms with Crippen molar-refractivity contribution in [3.05, 3.63) is 0 Å². The van der Waals surface area contributed by atoms with Gasteiger partial charge in [0.25, 0.3) is 15.8 Å². The van der Waals surface area contributed by atoms with Crippen molar-refractivity contribution in [2.24, 2.45) is 30.5 Å². The molecule has 0 amide bonds. The first kappa shape index (κ1) is 53.6. The van der Waals surface area contributed by atoms with E-state index in [9.17, 15) is 39.2 Å². The molecule has 0 heterocycles. The first-order valence-electron chi connectivity index (χ1n) is 15.6. The van der Waals surface area contributed by atoms with Gasteiger partial charge in [-0.2, -0.15) is 26.2 Å². The van der Waals surface area contributed by atoms with Gasteiger partial charge in [0.05, 0.1) is 67.9 Å². The summed E-state index contributed by atoms with van der Waals surface area (Å²) in [5, 5.41) is 18.9. The van der Waals surface area contributed by atoms with Crippen molar-refractivity contribution in [1.29, 1.82) is 6.39 Å². The van der Waals surface area contributed by atoms with Crippen LogP contribution in [0.25, 0.3) is 0 Å². The highest BCUT2D eigenvalue weighted by molar-refractivity contribution is 7.86. The molecule has 0 aliphatic heterocycles. The van der Waals surface area contributed by atoms with Crippen molar-refractivity contribution in [2.45, 2.75) is 91.8 Å². The SMILES string of the molecule is CC(C)(CS(=O)(=O)[O-])N=C=NC(C)(C)CS(=O)(=O)O.CC(C)(CS(=O)(=O)[O-])OC(=O)/C(C#N)=N\O.CCC(C)(C)CN=C=NCCCN(C)C.[2H]SC. The number of ether oxygens (including phenoxy) is 1. The van der Waals surface area contributed by atoms with E-state index in [0.29, 0.717) is 0 Å². The van der Waals surface area contributed by atoms with E-state index in [1.165, 1.54) is 47.6 Å². The average molecular weight is 823 g/mol. The molecule has 0 bridgehead atoms. The van der Waals surface area contributed by atoms with E-state index in [1.807, 2.05) is 0 Å². The molecule has 0 aromatic carbocycles. The van der Waals surface area contributed by atoms with Crippen LogP contribution in [0.2, 0.25) is 0 Å². The van der Waals surface area contributed by atoms with E-state index >= 15 is 0 Å². The fraction of sp³-hybridized carbons (Fsp3) is 0.828. The van der Waals surface area contributed by atoms with E-state index in [1.54, 1.807) is 6.26 Å². The predicted octanol–water partition coefficient (Wildman–Crippen LogP) is 2.45. The summed E-state index contributed by atoms with van der Waals surface area (Å²) in [6.07, 6.45) is 3.92. The van der Waals surface area contributed by atoms with Gasteiger partial charge in [-0.15, -0.1) is 0 Å². The minimum atomic E-state index is -4.58. The summed E-state index contributed by atoms with van der Waals surface area (Å²) in [7, 11) is -9.07. The third-order valence-electron chi connectivity index (χ3n) is 5.54. The summed E-state index contributed by atoms with van der Waals surface area (Å²) in [5.41, 5.74) is -4.63. The molecule has 0 aromatic heterocycles. The van der Waals surface area contributed by atoms with E-state index in [2.05, 4.69) is 81.6 Å². The molecule has 0 saturated heterocycles. The molecule has 52 heavy (non-hydrogen) atoms. The summed E-state index contributed by atoms with van der Waals surface area (Å²) in [5.74, 6) is -3.60. The fourth-order valence-corrected chi connectivity index (χ4v) is 5.83. The van der Waals surface area contributed by atoms with Gasteiger partial charge in [0.1, 0.15) is 18.5 Å². The summed E-state index contributed by atoms with van der Waals surface area (Å²) in [4.78, 5) is 29.0. The molecule has 0 aliphatic rings. The van der Waals surface area contributed by atoms with E-state index < -0.39 is 76.0 Å². The van der Waals surface area contributed by atoms with Crippen LogP contribution < -0.4 is 0 Å². The Labute approximate surface area is 316 Å². The van der Waals surface area contributed by atoms with E-state index in [4.69, 9.17) is 16.1 Å². The average Bonchev–Trinajstić information content (AvgIpc) is 2.89. The van der Waals surface area contributed by atoms with Crippen LogP contribution in [-0.4, -0.2) is 148 Å². The number of hydrogen-bond donors (Lipinski definition) is 3. The Morgan fingerprint density at radius 1 is 0.904 bits per heavy atom. The van der Waals surface area contributed by atoms with Crippen LogP contribution in [0.1, 0.15) is 75.2 Å². The molecule has 0 fully saturated rings. The van der Waals surface area contributed by atoms with Crippen molar-refractivity contribution in [3.8, 4) is 6.07 Å². The van der Waals surface area contributed by atoms with Crippen molar-refractivity contribution >= 4 is 66.6 Å². The highest BCUT2D eigenvalue weighted by Gasteiger charge is 2.28. The number of rotatable bonds is 17. The quantitative estimate of drug-likeness (QED) is 0.0361. The minimum absolute atomic E-state index is 0.284. The second-order valence-electron chi connectivity index (χ2n) is 13.8. The topological polar surface area (TPSA) is 304 Å². The molecule has 23 heteroatoms. The maximum absolute atomic E-state index is 11.1. The Hall–Kier alpha value is -2.77. The Morgan fingerprint density at radius 2 is 1.37 bits per heavy atom. The Morgan fingerprint density at radius 3 is 1.73 bits per heavy atom. The van der Waals surface area contributed by atoms with Gasteiger partial charge >= 0.3 is 5.97 Å². The van der Waals surface area contributed by atoms with Gasteiger partial charge in [0, 0.05) is 0 Å². The van der Waals surface area contributed by atoms with Crippen LogP contribution >= 0.6 is 12.5 Å². The molecule has 0 unspecified atom stereocenters. The number of thiol groups is 1. The second kappa shape index (κ2) is 25.3. The lowest BCUT2D eigenvalue weighted by Gasteiger charge is -2.25. The number of carbonyl (C=O) groups excluding carboxylic acids is 1. The zero-order valence-corrected chi connectivity index (χ0v) is 35.2. The third kappa shape index (κ3) is 40.0. The standard InChI is InChI=1S/C12H25N3.C9H18N2O6S2.C7H10N2O6S.CH4S/c1-6-12(2,3)10-14-11-13-8-7-9-15(4)5;1-8(2,5-18(12,13)14)10-7-11-9(3,4)6-19(15,16)17;1-7(2,4-16(12,13)14)15-6(10)5(3-8)9-11;1-2/h6-10H2,1-5H3;5-6H2,1-4H3,(H,12,13,14)(H,15,16,17);11H,4H2,1-2H3,(H,12,13,14);2H,1H3/p-2/b;;9-5-;/i/hD. The molecule has 0 aliphatic carbocycles. The summed E-state index contributed by atoms with van der Waals surface area (Å²) in [6, 6.07) is 6.20. The number of nitrogens with zero attached hydrogens (tertiary/aromatic N) is 7. The van der Waals surface area contributed by atoms with Gasteiger partial charge in [0.15, 0.2) is 0 Å². The number of esters is 1. The van der Waals surface area contributed by atoms with Gasteiger partial charge < -0.3 is 23.9 Å². The number of carbonyl (C=O) groups is 1. The third-order valence-corrected chi connectivity index (χ3v) is 8.72. The van der Waals surface area contributed by atoms with Crippen molar-refractivity contribution in [3.63, 3.8) is 0 Å². The highest BCUT2D eigenvalue weighted by Crippen LogP contribution is 2.19. The van der Waals surface area contributed by atoms with Gasteiger partial charge in [0.2, 0.25) is 0 Å². The number of hydrogen-bond acceptors (Lipinski definition) is 19. The summed E-state index contributed by atoms with van der Waals surface area (Å²) >= 11 is 1.000. The summed E-state index contributed by atoms with van der Waals surface area (Å²) < 4.78 is 104. The Balaban J connectivity index is -0.000000329. The van der Waals surface area contributed by atoms with Crippen LogP contribution in [0.3, 0.4) is 0 Å². The van der Waals surface area contributed by atoms with Crippen LogP contribution in [0.5, 0.6) is 0 Å². The fourth-order valence-electron chi connectivity index (χ4n) is 3.03. The van der Waals surface area contributed by atoms with Gasteiger partial charge in [-0.3, -0.25) is 4.55 Å². The van der Waals surface area contributed by atoms with Crippen LogP contribution in [0.15, 0.2) is 25.1 Å². The monoisotopic (exact) mass is 822 g/mol. The first-order chi connectivity index (χ1) is 23.6. The van der Waals surface area contributed by atoms with E-state index in [0.717, 1.165) is 45.0 Å². The largest absolute Gasteiger partial charge is 0.748 e. The molecule has 0 aromatic rings.